The van der Waals surface area contributed by atoms with Crippen molar-refractivity contribution in [3.8, 4) is 0 Å². The van der Waals surface area contributed by atoms with Crippen molar-refractivity contribution < 1.29 is 13.6 Å². The van der Waals surface area contributed by atoms with Crippen molar-refractivity contribution in [1.29, 1.82) is 0 Å². The van der Waals surface area contributed by atoms with Crippen molar-refractivity contribution in [2.75, 3.05) is 0 Å². The topological polar surface area (TPSA) is 47.8 Å². The fourth-order valence-electron chi connectivity index (χ4n) is 0.787. The Hall–Kier alpha value is -1.33. The molecular formula is C6H7F2N3O. The zero-order chi connectivity index (χ0) is 9.14. The number of aromatic nitrogens is 3. The summed E-state index contributed by atoms with van der Waals surface area (Å²) in [6.07, 6.45) is -1.99. The largest absolute Gasteiger partial charge is 0.296 e. The lowest BCUT2D eigenvalue weighted by Crippen LogP contribution is -2.09. The van der Waals surface area contributed by atoms with Crippen LogP contribution in [0.25, 0.3) is 0 Å². The molecule has 0 bridgehead atoms. The predicted octanol–water partition coefficient (Wildman–Crippen LogP) is 0.664. The van der Waals surface area contributed by atoms with Crippen LogP contribution in [0, 0.1) is 6.92 Å². The van der Waals surface area contributed by atoms with Crippen LogP contribution in [0.2, 0.25) is 0 Å². The maximum atomic E-state index is 11.8. The summed E-state index contributed by atoms with van der Waals surface area (Å²) in [5, 5.41) is 6.78. The molecule has 1 aromatic heterocycles. The normalized spacial score (nSPS) is 10.7. The molecule has 0 spiro atoms. The molecular weight excluding hydrogens is 168 g/mol. The Labute approximate surface area is 67.2 Å². The third-order valence-electron chi connectivity index (χ3n) is 1.44. The molecule has 0 saturated carbocycles. The first-order valence-corrected chi connectivity index (χ1v) is 3.28. The van der Waals surface area contributed by atoms with Gasteiger partial charge in [0.05, 0.1) is 5.69 Å². The van der Waals surface area contributed by atoms with Crippen LogP contribution in [-0.4, -0.2) is 27.7 Å². The van der Waals surface area contributed by atoms with Crippen LogP contribution in [-0.2, 0) is 6.54 Å². The summed E-state index contributed by atoms with van der Waals surface area (Å²) < 4.78 is 24.7. The van der Waals surface area contributed by atoms with Gasteiger partial charge in [0, 0.05) is 0 Å². The standard InChI is InChI=1S/C6H7F2N3O/c1-4-5(3-12)9-10-11(4)2-6(7)8/h3,6H,2H2,1H3. The molecule has 0 radical (unpaired) electrons. The highest BCUT2D eigenvalue weighted by Gasteiger charge is 2.11. The summed E-state index contributed by atoms with van der Waals surface area (Å²) in [7, 11) is 0. The molecule has 1 rings (SSSR count). The second kappa shape index (κ2) is 3.38. The van der Waals surface area contributed by atoms with E-state index >= 15 is 0 Å². The summed E-state index contributed by atoms with van der Waals surface area (Å²) >= 11 is 0. The van der Waals surface area contributed by atoms with Gasteiger partial charge in [0.25, 0.3) is 6.43 Å². The maximum absolute atomic E-state index is 11.8. The lowest BCUT2D eigenvalue weighted by molar-refractivity contribution is 0.111. The monoisotopic (exact) mass is 175 g/mol. The zero-order valence-electron chi connectivity index (χ0n) is 6.37. The second-order valence-corrected chi connectivity index (χ2v) is 2.25. The molecule has 0 amide bonds. The number of alkyl halides is 2. The highest BCUT2D eigenvalue weighted by Crippen LogP contribution is 2.03. The molecule has 0 saturated heterocycles. The van der Waals surface area contributed by atoms with Gasteiger partial charge in [0.2, 0.25) is 0 Å². The SMILES string of the molecule is Cc1c(C=O)nnn1CC(F)F. The number of carbonyl (C=O) groups excluding carboxylic acids is 1. The van der Waals surface area contributed by atoms with E-state index in [0.29, 0.717) is 12.0 Å². The van der Waals surface area contributed by atoms with E-state index in [0.717, 1.165) is 4.68 Å². The third kappa shape index (κ3) is 1.63. The first-order chi connectivity index (χ1) is 5.65. The van der Waals surface area contributed by atoms with Crippen molar-refractivity contribution in [3.05, 3.63) is 11.4 Å². The number of halogens is 2. The minimum Gasteiger partial charge on any atom is -0.296 e. The van der Waals surface area contributed by atoms with Crippen LogP contribution in [0.4, 0.5) is 8.78 Å². The van der Waals surface area contributed by atoms with E-state index < -0.39 is 13.0 Å². The number of rotatable bonds is 3. The molecule has 0 aliphatic rings. The number of hydrogen-bond donors (Lipinski definition) is 0. The van der Waals surface area contributed by atoms with Gasteiger partial charge in [-0.1, -0.05) is 5.21 Å². The van der Waals surface area contributed by atoms with Gasteiger partial charge in [0.15, 0.2) is 6.29 Å². The second-order valence-electron chi connectivity index (χ2n) is 2.25. The average Bonchev–Trinajstić information content (AvgIpc) is 2.32. The summed E-state index contributed by atoms with van der Waals surface area (Å²) in [6.45, 7) is 0.999. The average molecular weight is 175 g/mol. The van der Waals surface area contributed by atoms with Gasteiger partial charge >= 0.3 is 0 Å². The summed E-state index contributed by atoms with van der Waals surface area (Å²) in [5.41, 5.74) is 0.473. The molecule has 1 heterocycles. The van der Waals surface area contributed by atoms with E-state index in [9.17, 15) is 13.6 Å². The van der Waals surface area contributed by atoms with E-state index in [4.69, 9.17) is 0 Å². The van der Waals surface area contributed by atoms with Crippen molar-refractivity contribution in [2.24, 2.45) is 0 Å². The van der Waals surface area contributed by atoms with E-state index in [1.165, 1.54) is 6.92 Å². The fourth-order valence-corrected chi connectivity index (χ4v) is 0.787. The Bertz CT molecular complexity index is 284. The Kier molecular flexibility index (Phi) is 2.47. The van der Waals surface area contributed by atoms with Crippen LogP contribution in [0.15, 0.2) is 0 Å². The number of hydrogen-bond acceptors (Lipinski definition) is 3. The first-order valence-electron chi connectivity index (χ1n) is 3.28. The highest BCUT2D eigenvalue weighted by molar-refractivity contribution is 5.72. The molecule has 6 heteroatoms. The number of aldehydes is 1. The molecule has 1 aromatic rings. The molecule has 0 aliphatic heterocycles. The lowest BCUT2D eigenvalue weighted by atomic mass is 10.4. The van der Waals surface area contributed by atoms with Crippen LogP contribution in [0.1, 0.15) is 16.2 Å². The van der Waals surface area contributed by atoms with E-state index in [2.05, 4.69) is 10.3 Å². The van der Waals surface area contributed by atoms with Gasteiger partial charge < -0.3 is 0 Å². The van der Waals surface area contributed by atoms with Crippen LogP contribution >= 0.6 is 0 Å². The minimum atomic E-state index is -2.48. The lowest BCUT2D eigenvalue weighted by Gasteiger charge is -1.99. The van der Waals surface area contributed by atoms with Crippen LogP contribution in [0.3, 0.4) is 0 Å². The van der Waals surface area contributed by atoms with Gasteiger partial charge in [-0.05, 0) is 6.92 Å². The Morgan fingerprint density at radius 1 is 1.67 bits per heavy atom. The molecule has 12 heavy (non-hydrogen) atoms. The molecule has 0 unspecified atom stereocenters. The maximum Gasteiger partial charge on any atom is 0.257 e. The number of carbonyl (C=O) groups is 1. The Morgan fingerprint density at radius 3 is 2.75 bits per heavy atom. The predicted molar refractivity (Wildman–Crippen MR) is 36.2 cm³/mol. The summed E-state index contributed by atoms with van der Waals surface area (Å²) in [6, 6.07) is 0. The first kappa shape index (κ1) is 8.76. The molecule has 0 atom stereocenters. The van der Waals surface area contributed by atoms with E-state index in [-0.39, 0.29) is 5.69 Å². The Morgan fingerprint density at radius 2 is 2.33 bits per heavy atom. The van der Waals surface area contributed by atoms with Gasteiger partial charge in [-0.2, -0.15) is 0 Å². The molecule has 0 aromatic carbocycles. The van der Waals surface area contributed by atoms with Gasteiger partial charge in [-0.15, -0.1) is 5.10 Å². The zero-order valence-corrected chi connectivity index (χ0v) is 6.37. The molecule has 0 fully saturated rings. The van der Waals surface area contributed by atoms with Crippen molar-refractivity contribution in [3.63, 3.8) is 0 Å². The van der Waals surface area contributed by atoms with Crippen molar-refractivity contribution in [2.45, 2.75) is 19.9 Å². The van der Waals surface area contributed by atoms with E-state index in [1.807, 2.05) is 0 Å². The van der Waals surface area contributed by atoms with Gasteiger partial charge in [-0.3, -0.25) is 4.79 Å². The van der Waals surface area contributed by atoms with E-state index in [1.54, 1.807) is 0 Å². The number of nitrogens with zero attached hydrogens (tertiary/aromatic N) is 3. The molecule has 4 nitrogen and oxygen atoms in total. The minimum absolute atomic E-state index is 0.107. The quantitative estimate of drug-likeness (QED) is 0.634. The molecule has 0 aliphatic carbocycles. The van der Waals surface area contributed by atoms with Gasteiger partial charge in [0.1, 0.15) is 12.2 Å². The third-order valence-corrected chi connectivity index (χ3v) is 1.44. The summed E-state index contributed by atoms with van der Waals surface area (Å²) in [5.74, 6) is 0. The van der Waals surface area contributed by atoms with Crippen molar-refractivity contribution in [1.82, 2.24) is 15.0 Å². The van der Waals surface area contributed by atoms with Gasteiger partial charge in [-0.25, -0.2) is 13.5 Å². The molecule has 66 valence electrons. The molecule has 0 N–H and O–H groups in total. The van der Waals surface area contributed by atoms with Crippen LogP contribution < -0.4 is 0 Å². The summed E-state index contributed by atoms with van der Waals surface area (Å²) in [4.78, 5) is 10.2. The van der Waals surface area contributed by atoms with Crippen molar-refractivity contribution >= 4 is 6.29 Å². The Balaban J connectivity index is 2.86. The highest BCUT2D eigenvalue weighted by atomic mass is 19.3. The van der Waals surface area contributed by atoms with Crippen LogP contribution in [0.5, 0.6) is 0 Å². The fraction of sp³-hybridized carbons (Fsp3) is 0.500. The smallest absolute Gasteiger partial charge is 0.257 e.